The van der Waals surface area contributed by atoms with E-state index in [4.69, 9.17) is 9.47 Å². The smallest absolute Gasteiger partial charge is 0.382 e. The predicted octanol–water partition coefficient (Wildman–Crippen LogP) is 3.98. The van der Waals surface area contributed by atoms with Gasteiger partial charge in [0, 0.05) is 25.4 Å². The van der Waals surface area contributed by atoms with Crippen molar-refractivity contribution in [1.82, 2.24) is 10.2 Å². The first kappa shape index (κ1) is 24.0. The molecule has 1 N–H and O–H groups in total. The molecule has 0 aromatic heterocycles. The Morgan fingerprint density at radius 3 is 2.58 bits per heavy atom. The van der Waals surface area contributed by atoms with Gasteiger partial charge in [0.05, 0.1) is 25.4 Å². The molecule has 1 spiro atoms. The number of piperidine rings is 1. The minimum atomic E-state index is -4.10. The Kier molecular flexibility index (Phi) is 7.99. The minimum Gasteiger partial charge on any atom is -0.382 e. The molecule has 3 rings (SSSR count). The lowest BCUT2D eigenvalue weighted by Crippen LogP contribution is -2.51. The summed E-state index contributed by atoms with van der Waals surface area (Å²) in [4.78, 5) is 14.4. The Hall–Kier alpha value is -1.64. The molecule has 0 unspecified atom stereocenters. The van der Waals surface area contributed by atoms with E-state index in [0.29, 0.717) is 39.3 Å². The lowest BCUT2D eigenvalue weighted by atomic mass is 9.71. The molecule has 0 bridgehead atoms. The third kappa shape index (κ3) is 5.59. The number of hydrogen-bond donors (Lipinski definition) is 1. The van der Waals surface area contributed by atoms with Crippen LogP contribution < -0.4 is 5.32 Å². The molecular weight excluding hydrogens is 409 g/mol. The number of carbonyl (C=O) groups excluding carboxylic acids is 1. The van der Waals surface area contributed by atoms with Gasteiger partial charge in [-0.25, -0.2) is 0 Å². The Morgan fingerprint density at radius 1 is 1.23 bits per heavy atom. The van der Waals surface area contributed by atoms with E-state index >= 15 is 0 Å². The van der Waals surface area contributed by atoms with Gasteiger partial charge in [-0.1, -0.05) is 31.2 Å². The Balaban J connectivity index is 1.78. The molecule has 1 aliphatic heterocycles. The maximum Gasteiger partial charge on any atom is 0.389 e. The van der Waals surface area contributed by atoms with E-state index in [0.717, 1.165) is 18.4 Å². The molecule has 1 fully saturated rings. The van der Waals surface area contributed by atoms with Crippen molar-refractivity contribution in [2.45, 2.75) is 62.8 Å². The molecule has 31 heavy (non-hydrogen) atoms. The third-order valence-electron chi connectivity index (χ3n) is 6.58. The summed E-state index contributed by atoms with van der Waals surface area (Å²) in [7, 11) is 1.62. The number of fused-ring (bicyclic) bond motifs is 2. The second-order valence-electron chi connectivity index (χ2n) is 8.49. The maximum atomic E-state index is 12.5. The molecule has 174 valence electrons. The largest absolute Gasteiger partial charge is 0.389 e. The predicted molar refractivity (Wildman–Crippen MR) is 112 cm³/mol. The van der Waals surface area contributed by atoms with Crippen LogP contribution in [0.25, 0.3) is 0 Å². The summed E-state index contributed by atoms with van der Waals surface area (Å²) >= 11 is 0. The average molecular weight is 443 g/mol. The zero-order chi connectivity index (χ0) is 22.5. The first-order chi connectivity index (χ1) is 14.8. The van der Waals surface area contributed by atoms with Crippen molar-refractivity contribution >= 4 is 5.91 Å². The van der Waals surface area contributed by atoms with Crippen molar-refractivity contribution in [3.05, 3.63) is 35.4 Å². The number of likely N-dealkylation sites (tertiary alicyclic amines) is 1. The van der Waals surface area contributed by atoms with E-state index in [1.807, 2.05) is 25.1 Å². The Bertz CT molecular complexity index is 733. The minimum absolute atomic E-state index is 0.0261. The summed E-state index contributed by atoms with van der Waals surface area (Å²) in [6.45, 7) is 4.58. The number of carbonyl (C=O) groups is 1. The van der Waals surface area contributed by atoms with Crippen molar-refractivity contribution in [3.63, 3.8) is 0 Å². The number of methoxy groups -OCH3 is 1. The van der Waals surface area contributed by atoms with Gasteiger partial charge in [-0.2, -0.15) is 13.2 Å². The third-order valence-corrected chi connectivity index (χ3v) is 6.58. The summed E-state index contributed by atoms with van der Waals surface area (Å²) in [5, 5.41) is 3.15. The van der Waals surface area contributed by atoms with Crippen LogP contribution in [0.4, 0.5) is 13.2 Å². The standard InChI is InChI=1S/C23H33F3N2O3/c1-3-19(29)27-20-17-7-4-5-8-18(17)22(21(20)31-16-15-30-2)10-13-28(14-11-22)12-6-9-23(24,25)26/h4-5,7-8,20-21H,3,6,9-16H2,1-2H3,(H,27,29)/t20-,21+/m1/s1. The molecule has 1 aromatic rings. The SMILES string of the molecule is CCC(=O)N[C@@H]1c2ccccc2C2(CCN(CCCC(F)(F)F)CC2)[C@H]1OCCOC. The normalized spacial score (nSPS) is 23.1. The summed E-state index contributed by atoms with van der Waals surface area (Å²) in [5.41, 5.74) is 2.00. The van der Waals surface area contributed by atoms with Crippen LogP contribution in [0.3, 0.4) is 0 Å². The highest BCUT2D eigenvalue weighted by Gasteiger charge is 2.54. The number of amides is 1. The zero-order valence-electron chi connectivity index (χ0n) is 18.3. The van der Waals surface area contributed by atoms with E-state index in [-0.39, 0.29) is 29.9 Å². The van der Waals surface area contributed by atoms with Crippen LogP contribution in [-0.4, -0.2) is 63.0 Å². The summed E-state index contributed by atoms with van der Waals surface area (Å²) in [6.07, 6.45) is -3.00. The van der Waals surface area contributed by atoms with E-state index < -0.39 is 12.6 Å². The molecule has 2 aliphatic rings. The Morgan fingerprint density at radius 2 is 1.94 bits per heavy atom. The highest BCUT2D eigenvalue weighted by molar-refractivity contribution is 5.76. The number of hydrogen-bond acceptors (Lipinski definition) is 4. The van der Waals surface area contributed by atoms with E-state index in [2.05, 4.69) is 16.3 Å². The summed E-state index contributed by atoms with van der Waals surface area (Å²) in [6, 6.07) is 7.90. The maximum absolute atomic E-state index is 12.5. The Labute approximate surface area is 182 Å². The second-order valence-corrected chi connectivity index (χ2v) is 8.49. The van der Waals surface area contributed by atoms with E-state index in [9.17, 15) is 18.0 Å². The van der Waals surface area contributed by atoms with Crippen LogP contribution in [0.5, 0.6) is 0 Å². The van der Waals surface area contributed by atoms with E-state index in [1.54, 1.807) is 7.11 Å². The number of nitrogens with zero attached hydrogens (tertiary/aromatic N) is 1. The molecule has 1 aliphatic carbocycles. The first-order valence-electron chi connectivity index (χ1n) is 11.1. The van der Waals surface area contributed by atoms with Crippen LogP contribution in [0.1, 0.15) is 56.2 Å². The molecule has 5 nitrogen and oxygen atoms in total. The molecule has 8 heteroatoms. The van der Waals surface area contributed by atoms with Crippen LogP contribution >= 0.6 is 0 Å². The fraction of sp³-hybridized carbons (Fsp3) is 0.696. The molecule has 0 saturated carbocycles. The number of benzene rings is 1. The van der Waals surface area contributed by atoms with Crippen molar-refractivity contribution in [1.29, 1.82) is 0 Å². The number of alkyl halides is 3. The van der Waals surface area contributed by atoms with Gasteiger partial charge in [0.2, 0.25) is 5.91 Å². The molecule has 2 atom stereocenters. The van der Waals surface area contributed by atoms with Gasteiger partial charge in [0.25, 0.3) is 0 Å². The number of rotatable bonds is 9. The fourth-order valence-corrected chi connectivity index (χ4v) is 5.03. The van der Waals surface area contributed by atoms with Gasteiger partial charge in [-0.05, 0) is 50.0 Å². The van der Waals surface area contributed by atoms with Crippen molar-refractivity contribution in [3.8, 4) is 0 Å². The highest BCUT2D eigenvalue weighted by Crippen LogP contribution is 2.52. The molecular formula is C23H33F3N2O3. The van der Waals surface area contributed by atoms with Crippen LogP contribution in [0.15, 0.2) is 24.3 Å². The quantitative estimate of drug-likeness (QED) is 0.588. The summed E-state index contributed by atoms with van der Waals surface area (Å²) in [5.74, 6) is -0.0261. The average Bonchev–Trinajstić information content (AvgIpc) is 2.98. The van der Waals surface area contributed by atoms with Crippen LogP contribution in [0, 0.1) is 0 Å². The molecule has 1 saturated heterocycles. The first-order valence-corrected chi connectivity index (χ1v) is 11.1. The van der Waals surface area contributed by atoms with Crippen molar-refractivity contribution in [2.75, 3.05) is 40.0 Å². The lowest BCUT2D eigenvalue weighted by Gasteiger charge is -2.44. The number of halogens is 3. The summed E-state index contributed by atoms with van der Waals surface area (Å²) < 4.78 is 49.0. The fourth-order valence-electron chi connectivity index (χ4n) is 5.03. The van der Waals surface area contributed by atoms with Crippen molar-refractivity contribution < 1.29 is 27.4 Å². The topological polar surface area (TPSA) is 50.8 Å². The van der Waals surface area contributed by atoms with Crippen LogP contribution in [0.2, 0.25) is 0 Å². The number of nitrogens with one attached hydrogen (secondary N) is 1. The molecule has 1 heterocycles. The molecule has 1 aromatic carbocycles. The number of ether oxygens (including phenoxy) is 2. The van der Waals surface area contributed by atoms with Gasteiger partial charge in [-0.3, -0.25) is 4.79 Å². The van der Waals surface area contributed by atoms with Gasteiger partial charge >= 0.3 is 6.18 Å². The molecule has 0 radical (unpaired) electrons. The van der Waals surface area contributed by atoms with Gasteiger partial charge in [-0.15, -0.1) is 0 Å². The van der Waals surface area contributed by atoms with Crippen LogP contribution in [-0.2, 0) is 19.7 Å². The van der Waals surface area contributed by atoms with Gasteiger partial charge < -0.3 is 19.7 Å². The molecule has 1 amide bonds. The van der Waals surface area contributed by atoms with Gasteiger partial charge in [0.15, 0.2) is 0 Å². The lowest BCUT2D eigenvalue weighted by molar-refractivity contribution is -0.136. The second kappa shape index (κ2) is 10.3. The van der Waals surface area contributed by atoms with Gasteiger partial charge in [0.1, 0.15) is 0 Å². The monoisotopic (exact) mass is 442 g/mol. The zero-order valence-corrected chi connectivity index (χ0v) is 18.3. The van der Waals surface area contributed by atoms with E-state index in [1.165, 1.54) is 5.56 Å². The van der Waals surface area contributed by atoms with Crippen molar-refractivity contribution in [2.24, 2.45) is 0 Å². The highest BCUT2D eigenvalue weighted by atomic mass is 19.4.